The number of hydrogen-bond donors (Lipinski definition) is 1. The van der Waals surface area contributed by atoms with Gasteiger partial charge in [-0.2, -0.15) is 0 Å². The van der Waals surface area contributed by atoms with Gasteiger partial charge in [-0.1, -0.05) is 31.2 Å². The summed E-state index contributed by atoms with van der Waals surface area (Å²) in [5.74, 6) is -4.37. The Morgan fingerprint density at radius 1 is 1.14 bits per heavy atom. The second-order valence-electron chi connectivity index (χ2n) is 6.64. The Morgan fingerprint density at radius 3 is 2.52 bits per heavy atom. The standard InChI is InChI=1S/C21H20F2N2O4/c1-2-13-6-3-4-9-17(13)25-11-14(10-19(25)27)21(28)29-12-18(26)24-20-15(22)7-5-8-16(20)23/h3-9,14H,2,10-12H2,1H3,(H,24,26)/t14-/m0/s1. The zero-order valence-corrected chi connectivity index (χ0v) is 15.8. The van der Waals surface area contributed by atoms with Crippen molar-refractivity contribution in [2.24, 2.45) is 5.92 Å². The van der Waals surface area contributed by atoms with Crippen molar-refractivity contribution in [3.05, 3.63) is 59.7 Å². The van der Waals surface area contributed by atoms with E-state index >= 15 is 0 Å². The summed E-state index contributed by atoms with van der Waals surface area (Å²) in [7, 11) is 0. The number of rotatable bonds is 6. The van der Waals surface area contributed by atoms with Crippen LogP contribution in [0, 0.1) is 17.6 Å². The van der Waals surface area contributed by atoms with E-state index in [4.69, 9.17) is 4.74 Å². The van der Waals surface area contributed by atoms with Gasteiger partial charge in [0.15, 0.2) is 6.61 Å². The molecule has 8 heteroatoms. The number of para-hydroxylation sites is 2. The Hall–Kier alpha value is -3.29. The highest BCUT2D eigenvalue weighted by Gasteiger charge is 2.37. The van der Waals surface area contributed by atoms with Crippen LogP contribution in [0.15, 0.2) is 42.5 Å². The Bertz CT molecular complexity index is 928. The maximum Gasteiger partial charge on any atom is 0.311 e. The van der Waals surface area contributed by atoms with E-state index in [9.17, 15) is 23.2 Å². The quantitative estimate of drug-likeness (QED) is 0.754. The predicted molar refractivity (Wildman–Crippen MR) is 102 cm³/mol. The van der Waals surface area contributed by atoms with Crippen LogP contribution >= 0.6 is 0 Å². The zero-order valence-electron chi connectivity index (χ0n) is 15.8. The second kappa shape index (κ2) is 8.81. The van der Waals surface area contributed by atoms with Crippen molar-refractivity contribution in [3.63, 3.8) is 0 Å². The van der Waals surface area contributed by atoms with Crippen molar-refractivity contribution in [2.45, 2.75) is 19.8 Å². The summed E-state index contributed by atoms with van der Waals surface area (Å²) in [4.78, 5) is 38.1. The van der Waals surface area contributed by atoms with Crippen molar-refractivity contribution in [3.8, 4) is 0 Å². The van der Waals surface area contributed by atoms with Crippen LogP contribution in [0.3, 0.4) is 0 Å². The van der Waals surface area contributed by atoms with Gasteiger partial charge >= 0.3 is 5.97 Å². The molecule has 0 aliphatic carbocycles. The number of aryl methyl sites for hydroxylation is 1. The summed E-state index contributed by atoms with van der Waals surface area (Å²) in [5.41, 5.74) is 1.14. The van der Waals surface area contributed by atoms with Crippen molar-refractivity contribution in [2.75, 3.05) is 23.4 Å². The highest BCUT2D eigenvalue weighted by Crippen LogP contribution is 2.29. The Labute approximate surface area is 166 Å². The molecule has 0 radical (unpaired) electrons. The molecule has 0 saturated carbocycles. The van der Waals surface area contributed by atoms with Crippen molar-refractivity contribution in [1.82, 2.24) is 0 Å². The number of amides is 2. The van der Waals surface area contributed by atoms with Gasteiger partial charge in [0.25, 0.3) is 5.91 Å². The highest BCUT2D eigenvalue weighted by molar-refractivity contribution is 6.00. The molecule has 152 valence electrons. The van der Waals surface area contributed by atoms with Crippen LogP contribution in [0.4, 0.5) is 20.2 Å². The molecule has 1 aliphatic rings. The zero-order chi connectivity index (χ0) is 21.0. The number of nitrogens with one attached hydrogen (secondary N) is 1. The molecule has 1 atom stereocenters. The molecule has 1 fully saturated rings. The SMILES string of the molecule is CCc1ccccc1N1C[C@@H](C(=O)OCC(=O)Nc2c(F)cccc2F)CC1=O. The number of esters is 1. The number of benzene rings is 2. The first-order chi connectivity index (χ1) is 13.9. The van der Waals surface area contributed by atoms with Crippen LogP contribution in [-0.4, -0.2) is 30.9 Å². The molecule has 1 heterocycles. The molecule has 0 aromatic heterocycles. The smallest absolute Gasteiger partial charge is 0.311 e. The van der Waals surface area contributed by atoms with Crippen molar-refractivity contribution < 1.29 is 27.9 Å². The molecule has 1 saturated heterocycles. The van der Waals surface area contributed by atoms with Crippen LogP contribution < -0.4 is 10.2 Å². The third-order valence-electron chi connectivity index (χ3n) is 4.69. The van der Waals surface area contributed by atoms with Gasteiger partial charge in [-0.3, -0.25) is 14.4 Å². The van der Waals surface area contributed by atoms with Gasteiger partial charge in [-0.15, -0.1) is 0 Å². The molecule has 0 unspecified atom stereocenters. The van der Waals surface area contributed by atoms with Crippen LogP contribution in [-0.2, 0) is 25.5 Å². The number of halogens is 2. The second-order valence-corrected chi connectivity index (χ2v) is 6.64. The molecule has 3 rings (SSSR count). The van der Waals surface area contributed by atoms with Crippen LogP contribution in [0.25, 0.3) is 0 Å². The van der Waals surface area contributed by atoms with Gasteiger partial charge < -0.3 is 15.0 Å². The summed E-state index contributed by atoms with van der Waals surface area (Å²) < 4.78 is 32.1. The average molecular weight is 402 g/mol. The van der Waals surface area contributed by atoms with E-state index in [1.807, 2.05) is 36.5 Å². The molecule has 29 heavy (non-hydrogen) atoms. The van der Waals surface area contributed by atoms with E-state index in [1.54, 1.807) is 4.90 Å². The lowest BCUT2D eigenvalue weighted by molar-refractivity contribution is -0.151. The Balaban J connectivity index is 1.58. The van der Waals surface area contributed by atoms with E-state index in [-0.39, 0.29) is 18.9 Å². The molecule has 2 amide bonds. The van der Waals surface area contributed by atoms with E-state index in [0.717, 1.165) is 29.8 Å². The molecule has 2 aromatic rings. The summed E-state index contributed by atoms with van der Waals surface area (Å²) in [6.07, 6.45) is 0.711. The lowest BCUT2D eigenvalue weighted by Crippen LogP contribution is -2.29. The summed E-state index contributed by atoms with van der Waals surface area (Å²) >= 11 is 0. The fraction of sp³-hybridized carbons (Fsp3) is 0.286. The maximum atomic E-state index is 13.6. The number of anilines is 2. The minimum atomic E-state index is -0.934. The van der Waals surface area contributed by atoms with Gasteiger partial charge in [0.2, 0.25) is 5.91 Å². The normalized spacial score (nSPS) is 16.0. The Kier molecular flexibility index (Phi) is 6.21. The van der Waals surface area contributed by atoms with Crippen molar-refractivity contribution >= 4 is 29.2 Å². The monoisotopic (exact) mass is 402 g/mol. The van der Waals surface area contributed by atoms with Crippen LogP contribution in [0.5, 0.6) is 0 Å². The summed E-state index contributed by atoms with van der Waals surface area (Å²) in [5, 5.41) is 2.04. The van der Waals surface area contributed by atoms with Gasteiger partial charge in [0, 0.05) is 18.7 Å². The van der Waals surface area contributed by atoms with Crippen LogP contribution in [0.1, 0.15) is 18.9 Å². The molecule has 0 bridgehead atoms. The number of ether oxygens (including phenoxy) is 1. The number of hydrogen-bond acceptors (Lipinski definition) is 4. The predicted octanol–water partition coefficient (Wildman–Crippen LogP) is 3.06. The molecule has 1 N–H and O–H groups in total. The summed E-state index contributed by atoms with van der Waals surface area (Å²) in [6.45, 7) is 1.42. The third kappa shape index (κ3) is 4.59. The van der Waals surface area contributed by atoms with E-state index in [2.05, 4.69) is 0 Å². The lowest BCUT2D eigenvalue weighted by Gasteiger charge is -2.19. The number of nitrogens with zero attached hydrogens (tertiary/aromatic N) is 1. The molecular weight excluding hydrogens is 382 g/mol. The van der Waals surface area contributed by atoms with E-state index < -0.39 is 41.7 Å². The molecule has 1 aliphatic heterocycles. The fourth-order valence-electron chi connectivity index (χ4n) is 3.22. The molecule has 0 spiro atoms. The summed E-state index contributed by atoms with van der Waals surface area (Å²) in [6, 6.07) is 10.6. The number of carbonyl (C=O) groups is 3. The fourth-order valence-corrected chi connectivity index (χ4v) is 3.22. The first kappa shape index (κ1) is 20.4. The van der Waals surface area contributed by atoms with Crippen LogP contribution in [0.2, 0.25) is 0 Å². The van der Waals surface area contributed by atoms with Crippen molar-refractivity contribution in [1.29, 1.82) is 0 Å². The largest absolute Gasteiger partial charge is 0.455 e. The minimum Gasteiger partial charge on any atom is -0.455 e. The topological polar surface area (TPSA) is 75.7 Å². The van der Waals surface area contributed by atoms with Gasteiger partial charge in [0.1, 0.15) is 17.3 Å². The first-order valence-electron chi connectivity index (χ1n) is 9.19. The highest BCUT2D eigenvalue weighted by atomic mass is 19.1. The third-order valence-corrected chi connectivity index (χ3v) is 4.69. The molecular formula is C21H20F2N2O4. The van der Waals surface area contributed by atoms with Gasteiger partial charge in [0.05, 0.1) is 5.92 Å². The first-order valence-corrected chi connectivity index (χ1v) is 9.19. The van der Waals surface area contributed by atoms with E-state index in [0.29, 0.717) is 0 Å². The minimum absolute atomic E-state index is 0.0273. The molecule has 2 aromatic carbocycles. The number of carbonyl (C=O) groups excluding carboxylic acids is 3. The average Bonchev–Trinajstić information content (AvgIpc) is 3.10. The molecule has 6 nitrogen and oxygen atoms in total. The Morgan fingerprint density at radius 2 is 1.83 bits per heavy atom. The lowest BCUT2D eigenvalue weighted by atomic mass is 10.1. The van der Waals surface area contributed by atoms with Gasteiger partial charge in [-0.25, -0.2) is 8.78 Å². The van der Waals surface area contributed by atoms with E-state index in [1.165, 1.54) is 6.07 Å². The maximum absolute atomic E-state index is 13.6. The van der Waals surface area contributed by atoms with Gasteiger partial charge in [-0.05, 0) is 30.2 Å².